The fourth-order valence-corrected chi connectivity index (χ4v) is 0.869. The summed E-state index contributed by atoms with van der Waals surface area (Å²) in [6.45, 7) is 0.0954. The average Bonchev–Trinajstić information content (AvgIpc) is 2.03. The number of carbonyl (C=O) groups is 1. The fourth-order valence-electron chi connectivity index (χ4n) is 0.869. The van der Waals surface area contributed by atoms with E-state index in [9.17, 15) is 4.79 Å². The third kappa shape index (κ3) is 2.58. The van der Waals surface area contributed by atoms with Gasteiger partial charge in [0.15, 0.2) is 0 Å². The number of anilines is 2. The van der Waals surface area contributed by atoms with Crippen molar-refractivity contribution in [3.63, 3.8) is 0 Å². The average molecular weight is 181 g/mol. The smallest absolute Gasteiger partial charge is 0.236 e. The highest BCUT2D eigenvalue weighted by molar-refractivity contribution is 5.78. The maximum atomic E-state index is 10.6. The minimum absolute atomic E-state index is 0.0954. The van der Waals surface area contributed by atoms with Crippen molar-refractivity contribution < 1.29 is 4.79 Å². The van der Waals surface area contributed by atoms with Crippen LogP contribution in [0.2, 0.25) is 0 Å². The van der Waals surface area contributed by atoms with E-state index in [1.54, 1.807) is 11.9 Å². The first-order chi connectivity index (χ1) is 6.09. The van der Waals surface area contributed by atoms with Gasteiger partial charge in [-0.15, -0.1) is 0 Å². The number of rotatable bonds is 3. The quantitative estimate of drug-likeness (QED) is 0.622. The van der Waals surface area contributed by atoms with Crippen LogP contribution in [0.25, 0.3) is 0 Å². The monoisotopic (exact) mass is 181 g/mol. The molecule has 1 aromatic rings. The van der Waals surface area contributed by atoms with Crippen LogP contribution in [0.15, 0.2) is 12.4 Å². The van der Waals surface area contributed by atoms with Gasteiger partial charge in [0, 0.05) is 7.05 Å². The molecule has 4 N–H and O–H groups in total. The summed E-state index contributed by atoms with van der Waals surface area (Å²) in [7, 11) is 1.69. The predicted octanol–water partition coefficient (Wildman–Crippen LogP) is -1.02. The predicted molar refractivity (Wildman–Crippen MR) is 48.9 cm³/mol. The number of aromatic nitrogens is 2. The van der Waals surface area contributed by atoms with Crippen molar-refractivity contribution in [1.29, 1.82) is 0 Å². The zero-order chi connectivity index (χ0) is 9.84. The molecule has 0 radical (unpaired) electrons. The van der Waals surface area contributed by atoms with Gasteiger partial charge < -0.3 is 16.4 Å². The van der Waals surface area contributed by atoms with Gasteiger partial charge >= 0.3 is 0 Å². The zero-order valence-electron chi connectivity index (χ0n) is 7.27. The Bertz CT molecular complexity index is 314. The molecular formula is C7H11N5O. The second-order valence-electron chi connectivity index (χ2n) is 2.62. The van der Waals surface area contributed by atoms with Crippen molar-refractivity contribution >= 4 is 17.5 Å². The van der Waals surface area contributed by atoms with Crippen LogP contribution in [0.3, 0.4) is 0 Å². The number of hydrogen-bond acceptors (Lipinski definition) is 5. The second kappa shape index (κ2) is 3.70. The molecule has 0 bridgehead atoms. The maximum Gasteiger partial charge on any atom is 0.236 e. The van der Waals surface area contributed by atoms with Gasteiger partial charge in [0.1, 0.15) is 11.6 Å². The normalized spacial score (nSPS) is 9.62. The highest BCUT2D eigenvalue weighted by atomic mass is 16.1. The molecule has 0 spiro atoms. The van der Waals surface area contributed by atoms with Crippen molar-refractivity contribution in [2.45, 2.75) is 0 Å². The molecule has 0 fully saturated rings. The highest BCUT2D eigenvalue weighted by Gasteiger charge is 2.05. The maximum absolute atomic E-state index is 10.6. The van der Waals surface area contributed by atoms with Gasteiger partial charge in [-0.25, -0.2) is 4.98 Å². The Morgan fingerprint density at radius 2 is 2.31 bits per heavy atom. The Hall–Kier alpha value is -1.85. The topological polar surface area (TPSA) is 98.1 Å². The highest BCUT2D eigenvalue weighted by Crippen LogP contribution is 2.07. The number of primary amides is 1. The summed E-state index contributed by atoms with van der Waals surface area (Å²) < 4.78 is 0. The van der Waals surface area contributed by atoms with E-state index >= 15 is 0 Å². The second-order valence-corrected chi connectivity index (χ2v) is 2.62. The van der Waals surface area contributed by atoms with Crippen molar-refractivity contribution in [3.05, 3.63) is 12.4 Å². The lowest BCUT2D eigenvalue weighted by molar-refractivity contribution is -0.116. The largest absolute Gasteiger partial charge is 0.382 e. The molecule has 13 heavy (non-hydrogen) atoms. The van der Waals surface area contributed by atoms with Gasteiger partial charge in [-0.2, -0.15) is 0 Å². The van der Waals surface area contributed by atoms with E-state index in [4.69, 9.17) is 11.5 Å². The molecule has 70 valence electrons. The molecule has 0 saturated carbocycles. The third-order valence-electron chi connectivity index (χ3n) is 1.42. The van der Waals surface area contributed by atoms with Crippen LogP contribution < -0.4 is 16.4 Å². The SMILES string of the molecule is CN(CC(N)=O)c1cncc(N)n1. The Morgan fingerprint density at radius 3 is 2.85 bits per heavy atom. The number of hydrogen-bond donors (Lipinski definition) is 2. The molecule has 6 nitrogen and oxygen atoms in total. The van der Waals surface area contributed by atoms with E-state index in [-0.39, 0.29) is 6.54 Å². The van der Waals surface area contributed by atoms with Crippen LogP contribution in [-0.4, -0.2) is 29.5 Å². The molecule has 0 aliphatic rings. The number of carbonyl (C=O) groups excluding carboxylic acids is 1. The lowest BCUT2D eigenvalue weighted by Crippen LogP contribution is -2.31. The molecule has 6 heteroatoms. The number of nitrogen functional groups attached to an aromatic ring is 1. The van der Waals surface area contributed by atoms with E-state index in [0.717, 1.165) is 0 Å². The Morgan fingerprint density at radius 1 is 1.62 bits per heavy atom. The zero-order valence-corrected chi connectivity index (χ0v) is 7.27. The molecule has 0 saturated heterocycles. The first kappa shape index (κ1) is 9.24. The van der Waals surface area contributed by atoms with Gasteiger partial charge in [-0.3, -0.25) is 9.78 Å². The van der Waals surface area contributed by atoms with Gasteiger partial charge in [0.25, 0.3) is 0 Å². The Balaban J connectivity index is 2.76. The number of amides is 1. The molecule has 1 aromatic heterocycles. The summed E-state index contributed by atoms with van der Waals surface area (Å²) in [5, 5.41) is 0. The third-order valence-corrected chi connectivity index (χ3v) is 1.42. The standard InChI is InChI=1S/C7H11N5O/c1-12(4-6(9)13)7-3-10-2-5(8)11-7/h2-3H,4H2,1H3,(H2,8,11)(H2,9,13). The van der Waals surface area contributed by atoms with Crippen LogP contribution in [0.1, 0.15) is 0 Å². The molecule has 1 heterocycles. The van der Waals surface area contributed by atoms with Gasteiger partial charge in [-0.05, 0) is 0 Å². The molecule has 0 aromatic carbocycles. The Labute approximate surface area is 75.6 Å². The minimum atomic E-state index is -0.424. The first-order valence-corrected chi connectivity index (χ1v) is 3.66. The van der Waals surface area contributed by atoms with Crippen molar-refractivity contribution in [1.82, 2.24) is 9.97 Å². The number of likely N-dealkylation sites (N-methyl/N-ethyl adjacent to an activating group) is 1. The molecule has 0 aliphatic heterocycles. The van der Waals surface area contributed by atoms with E-state index in [0.29, 0.717) is 11.6 Å². The summed E-state index contributed by atoms with van der Waals surface area (Å²) in [4.78, 5) is 19.9. The van der Waals surface area contributed by atoms with E-state index in [2.05, 4.69) is 9.97 Å². The van der Waals surface area contributed by atoms with Crippen molar-refractivity contribution in [2.24, 2.45) is 5.73 Å². The van der Waals surface area contributed by atoms with Crippen LogP contribution in [0.4, 0.5) is 11.6 Å². The molecular weight excluding hydrogens is 170 g/mol. The Kier molecular flexibility index (Phi) is 2.63. The molecule has 0 unspecified atom stereocenters. The number of nitrogens with zero attached hydrogens (tertiary/aromatic N) is 3. The summed E-state index contributed by atoms with van der Waals surface area (Å²) in [5.74, 6) is 0.416. The number of nitrogens with two attached hydrogens (primary N) is 2. The van der Waals surface area contributed by atoms with Crippen LogP contribution >= 0.6 is 0 Å². The summed E-state index contributed by atoms with van der Waals surface area (Å²) in [6, 6.07) is 0. The van der Waals surface area contributed by atoms with Crippen LogP contribution in [0, 0.1) is 0 Å². The van der Waals surface area contributed by atoms with Crippen molar-refractivity contribution in [2.75, 3.05) is 24.2 Å². The molecule has 0 aliphatic carbocycles. The van der Waals surface area contributed by atoms with Gasteiger partial charge in [-0.1, -0.05) is 0 Å². The first-order valence-electron chi connectivity index (χ1n) is 3.66. The summed E-state index contributed by atoms with van der Waals surface area (Å²) >= 11 is 0. The van der Waals surface area contributed by atoms with Gasteiger partial charge in [0.05, 0.1) is 18.9 Å². The lowest BCUT2D eigenvalue weighted by atomic mass is 10.5. The van der Waals surface area contributed by atoms with E-state index < -0.39 is 5.91 Å². The summed E-state index contributed by atoms with van der Waals surface area (Å²) in [6.07, 6.45) is 2.95. The lowest BCUT2D eigenvalue weighted by Gasteiger charge is -2.15. The van der Waals surface area contributed by atoms with E-state index in [1.165, 1.54) is 12.4 Å². The molecule has 1 rings (SSSR count). The molecule has 1 amide bonds. The summed E-state index contributed by atoms with van der Waals surface area (Å²) in [5.41, 5.74) is 10.4. The fraction of sp³-hybridized carbons (Fsp3) is 0.286. The van der Waals surface area contributed by atoms with Crippen LogP contribution in [-0.2, 0) is 4.79 Å². The molecule has 0 atom stereocenters. The minimum Gasteiger partial charge on any atom is -0.382 e. The van der Waals surface area contributed by atoms with Crippen LogP contribution in [0.5, 0.6) is 0 Å². The van der Waals surface area contributed by atoms with Gasteiger partial charge in [0.2, 0.25) is 5.91 Å². The van der Waals surface area contributed by atoms with Crippen molar-refractivity contribution in [3.8, 4) is 0 Å². The van der Waals surface area contributed by atoms with E-state index in [1.807, 2.05) is 0 Å².